The molecule has 0 radical (unpaired) electrons. The van der Waals surface area contributed by atoms with Crippen LogP contribution in [0, 0.1) is 0 Å². The first-order chi connectivity index (χ1) is 11.7. The van der Waals surface area contributed by atoms with E-state index in [-0.39, 0.29) is 17.6 Å². The summed E-state index contributed by atoms with van der Waals surface area (Å²) < 4.78 is 8.46. The lowest BCUT2D eigenvalue weighted by Gasteiger charge is -2.17. The van der Waals surface area contributed by atoms with E-state index in [1.807, 2.05) is 43.4 Å². The molecule has 0 saturated heterocycles. The number of amides is 1. The summed E-state index contributed by atoms with van der Waals surface area (Å²) in [7, 11) is 3.40. The van der Waals surface area contributed by atoms with Gasteiger partial charge in [-0.15, -0.1) is 5.10 Å². The summed E-state index contributed by atoms with van der Waals surface area (Å²) in [4.78, 5) is 12.5. The monoisotopic (exact) mass is 326 g/mol. The van der Waals surface area contributed by atoms with Crippen LogP contribution in [0.15, 0.2) is 48.8 Å². The summed E-state index contributed by atoms with van der Waals surface area (Å²) in [6.45, 7) is 0.331. The maximum absolute atomic E-state index is 12.5. The van der Waals surface area contributed by atoms with Crippen LogP contribution in [-0.4, -0.2) is 44.4 Å². The highest BCUT2D eigenvalue weighted by molar-refractivity contribution is 5.92. The van der Waals surface area contributed by atoms with E-state index in [0.29, 0.717) is 6.61 Å². The Kier molecular flexibility index (Phi) is 4.66. The van der Waals surface area contributed by atoms with Crippen molar-refractivity contribution >= 4 is 5.91 Å². The first kappa shape index (κ1) is 15.9. The smallest absolute Gasteiger partial charge is 0.274 e. The van der Waals surface area contributed by atoms with E-state index in [2.05, 4.69) is 20.7 Å². The number of methoxy groups -OCH3 is 1. The Balaban J connectivity index is 1.76. The molecule has 0 unspecified atom stereocenters. The van der Waals surface area contributed by atoms with E-state index >= 15 is 0 Å². The van der Waals surface area contributed by atoms with Crippen molar-refractivity contribution in [3.05, 3.63) is 60.2 Å². The van der Waals surface area contributed by atoms with E-state index in [0.717, 1.165) is 11.4 Å². The van der Waals surface area contributed by atoms with Crippen LogP contribution in [0.2, 0.25) is 0 Å². The molecule has 2 aromatic heterocycles. The van der Waals surface area contributed by atoms with Gasteiger partial charge in [-0.3, -0.25) is 9.48 Å². The number of hydrogen-bond donors (Lipinski definition) is 1. The molecular weight excluding hydrogens is 308 g/mol. The van der Waals surface area contributed by atoms with Crippen molar-refractivity contribution in [1.82, 2.24) is 30.1 Å². The fourth-order valence-corrected chi connectivity index (χ4v) is 2.40. The number of carbonyl (C=O) groups is 1. The van der Waals surface area contributed by atoms with Gasteiger partial charge in [-0.2, -0.15) is 5.10 Å². The fourth-order valence-electron chi connectivity index (χ4n) is 2.40. The van der Waals surface area contributed by atoms with Crippen molar-refractivity contribution < 1.29 is 9.53 Å². The molecule has 0 saturated carbocycles. The lowest BCUT2D eigenvalue weighted by molar-refractivity contribution is 0.0887. The SMILES string of the molecule is COC[C@H](NC(=O)c1cn(-c2ccccc2)nn1)c1ccnn1C. The molecule has 1 N–H and O–H groups in total. The van der Waals surface area contributed by atoms with Gasteiger partial charge in [0.2, 0.25) is 0 Å². The van der Waals surface area contributed by atoms with Crippen LogP contribution in [-0.2, 0) is 11.8 Å². The van der Waals surface area contributed by atoms with Crippen molar-refractivity contribution in [2.24, 2.45) is 7.05 Å². The highest BCUT2D eigenvalue weighted by atomic mass is 16.5. The predicted molar refractivity (Wildman–Crippen MR) is 86.7 cm³/mol. The topological polar surface area (TPSA) is 86.9 Å². The number of aryl methyl sites for hydroxylation is 1. The third-order valence-electron chi connectivity index (χ3n) is 3.60. The molecule has 0 aliphatic rings. The van der Waals surface area contributed by atoms with Gasteiger partial charge in [0.25, 0.3) is 5.91 Å². The van der Waals surface area contributed by atoms with Gasteiger partial charge in [-0.05, 0) is 18.2 Å². The molecule has 124 valence electrons. The normalized spacial score (nSPS) is 12.1. The molecule has 24 heavy (non-hydrogen) atoms. The number of nitrogens with one attached hydrogen (secondary N) is 1. The Morgan fingerprint density at radius 2 is 2.08 bits per heavy atom. The molecule has 0 bridgehead atoms. The molecule has 8 heteroatoms. The second-order valence-electron chi connectivity index (χ2n) is 5.24. The van der Waals surface area contributed by atoms with Crippen molar-refractivity contribution in [1.29, 1.82) is 0 Å². The molecular formula is C16H18N6O2. The minimum absolute atomic E-state index is 0.238. The Morgan fingerprint density at radius 1 is 1.29 bits per heavy atom. The van der Waals surface area contributed by atoms with Gasteiger partial charge in [0.05, 0.1) is 30.2 Å². The summed E-state index contributed by atoms with van der Waals surface area (Å²) in [5.74, 6) is -0.319. The van der Waals surface area contributed by atoms with E-state index in [1.54, 1.807) is 28.9 Å². The molecule has 1 amide bonds. The largest absolute Gasteiger partial charge is 0.382 e. The summed E-state index contributed by atoms with van der Waals surface area (Å²) in [5, 5.41) is 15.0. The van der Waals surface area contributed by atoms with Crippen molar-refractivity contribution in [3.8, 4) is 5.69 Å². The zero-order valence-electron chi connectivity index (χ0n) is 13.5. The number of nitrogens with zero attached hydrogens (tertiary/aromatic N) is 5. The van der Waals surface area contributed by atoms with Gasteiger partial charge >= 0.3 is 0 Å². The van der Waals surface area contributed by atoms with Crippen molar-refractivity contribution in [3.63, 3.8) is 0 Å². The van der Waals surface area contributed by atoms with E-state index < -0.39 is 0 Å². The second kappa shape index (κ2) is 7.05. The van der Waals surface area contributed by atoms with Gasteiger partial charge in [-0.1, -0.05) is 23.4 Å². The maximum Gasteiger partial charge on any atom is 0.274 e. The highest BCUT2D eigenvalue weighted by Crippen LogP contribution is 2.13. The Morgan fingerprint density at radius 3 is 2.75 bits per heavy atom. The summed E-state index contributed by atoms with van der Waals surface area (Å²) >= 11 is 0. The van der Waals surface area contributed by atoms with Crippen LogP contribution in [0.3, 0.4) is 0 Å². The van der Waals surface area contributed by atoms with Crippen LogP contribution in [0.4, 0.5) is 0 Å². The zero-order chi connectivity index (χ0) is 16.9. The molecule has 8 nitrogen and oxygen atoms in total. The summed E-state index contributed by atoms with van der Waals surface area (Å²) in [5.41, 5.74) is 1.92. The number of rotatable bonds is 6. The molecule has 3 rings (SSSR count). The number of hydrogen-bond acceptors (Lipinski definition) is 5. The van der Waals surface area contributed by atoms with Crippen molar-refractivity contribution in [2.75, 3.05) is 13.7 Å². The number of carbonyl (C=O) groups excluding carboxylic acids is 1. The Hall–Kier alpha value is -3.00. The minimum Gasteiger partial charge on any atom is -0.382 e. The third-order valence-corrected chi connectivity index (χ3v) is 3.60. The van der Waals surface area contributed by atoms with E-state index in [4.69, 9.17) is 4.74 Å². The zero-order valence-corrected chi connectivity index (χ0v) is 13.5. The molecule has 2 heterocycles. The first-order valence-electron chi connectivity index (χ1n) is 7.44. The fraction of sp³-hybridized carbons (Fsp3) is 0.250. The molecule has 3 aromatic rings. The van der Waals surface area contributed by atoms with Crippen LogP contribution < -0.4 is 5.32 Å². The quantitative estimate of drug-likeness (QED) is 0.733. The van der Waals surface area contributed by atoms with Crippen LogP contribution >= 0.6 is 0 Å². The minimum atomic E-state index is -0.322. The van der Waals surface area contributed by atoms with Crippen LogP contribution in [0.25, 0.3) is 5.69 Å². The highest BCUT2D eigenvalue weighted by Gasteiger charge is 2.20. The number of benzene rings is 1. The van der Waals surface area contributed by atoms with Gasteiger partial charge in [0.15, 0.2) is 5.69 Å². The maximum atomic E-state index is 12.5. The van der Waals surface area contributed by atoms with Gasteiger partial charge in [0.1, 0.15) is 0 Å². The van der Waals surface area contributed by atoms with Crippen LogP contribution in [0.5, 0.6) is 0 Å². The molecule has 0 spiro atoms. The van der Waals surface area contributed by atoms with Gasteiger partial charge < -0.3 is 10.1 Å². The Bertz CT molecular complexity index is 811. The number of para-hydroxylation sites is 1. The summed E-state index contributed by atoms with van der Waals surface area (Å²) in [6, 6.07) is 11.0. The van der Waals surface area contributed by atoms with Crippen molar-refractivity contribution in [2.45, 2.75) is 6.04 Å². The number of aromatic nitrogens is 5. The molecule has 1 atom stereocenters. The molecule has 1 aromatic carbocycles. The van der Waals surface area contributed by atoms with Crippen LogP contribution in [0.1, 0.15) is 22.2 Å². The van der Waals surface area contributed by atoms with Gasteiger partial charge in [-0.25, -0.2) is 4.68 Å². The first-order valence-corrected chi connectivity index (χ1v) is 7.44. The van der Waals surface area contributed by atoms with Gasteiger partial charge in [0, 0.05) is 20.4 Å². The van der Waals surface area contributed by atoms with E-state index in [1.165, 1.54) is 0 Å². The predicted octanol–water partition coefficient (Wildman–Crippen LogP) is 1.12. The second-order valence-corrected chi connectivity index (χ2v) is 5.24. The molecule has 0 aliphatic heterocycles. The molecule has 0 fully saturated rings. The lowest BCUT2D eigenvalue weighted by atomic mass is 10.2. The lowest BCUT2D eigenvalue weighted by Crippen LogP contribution is -2.32. The third kappa shape index (κ3) is 3.33. The Labute approximate surface area is 139 Å². The van der Waals surface area contributed by atoms with E-state index in [9.17, 15) is 4.79 Å². The average Bonchev–Trinajstić information content (AvgIpc) is 3.24. The molecule has 0 aliphatic carbocycles. The average molecular weight is 326 g/mol. The summed E-state index contributed by atoms with van der Waals surface area (Å²) in [6.07, 6.45) is 3.27. The number of ether oxygens (including phenoxy) is 1. The standard InChI is InChI=1S/C16H18N6O2/c1-21-15(8-9-17-21)14(11-24-2)18-16(23)13-10-22(20-19-13)12-6-4-3-5-7-12/h3-10,14H,11H2,1-2H3,(H,18,23)/t14-/m0/s1.